The molecule has 0 saturated carbocycles. The summed E-state index contributed by atoms with van der Waals surface area (Å²) in [6, 6.07) is 0. The lowest BCUT2D eigenvalue weighted by molar-refractivity contribution is 0.280. The average molecular weight is 303 g/mol. The summed E-state index contributed by atoms with van der Waals surface area (Å²) in [5, 5.41) is 16.1. The van der Waals surface area contributed by atoms with Gasteiger partial charge in [0.05, 0.1) is 5.39 Å². The Bertz CT molecular complexity index is 750. The monoisotopic (exact) mass is 303 g/mol. The van der Waals surface area contributed by atoms with Crippen LogP contribution in [-0.4, -0.2) is 31.2 Å². The highest BCUT2D eigenvalue weighted by atomic mass is 32.1. The molecule has 21 heavy (non-hydrogen) atoms. The third-order valence-corrected chi connectivity index (χ3v) is 4.29. The highest BCUT2D eigenvalue weighted by Crippen LogP contribution is 2.30. The van der Waals surface area contributed by atoms with E-state index in [0.29, 0.717) is 6.42 Å². The van der Waals surface area contributed by atoms with Gasteiger partial charge in [-0.15, -0.1) is 11.3 Å². The molecule has 3 aromatic rings. The van der Waals surface area contributed by atoms with E-state index in [0.717, 1.165) is 39.8 Å². The van der Waals surface area contributed by atoms with E-state index >= 15 is 0 Å². The lowest BCUT2D eigenvalue weighted by Crippen LogP contribution is -2.03. The fourth-order valence-electron chi connectivity index (χ4n) is 2.45. The number of thiazole rings is 1. The van der Waals surface area contributed by atoms with Crippen molar-refractivity contribution in [3.8, 4) is 0 Å². The molecule has 0 atom stereocenters. The topological polar surface area (TPSA) is 75.9 Å². The van der Waals surface area contributed by atoms with Crippen LogP contribution in [0.25, 0.3) is 11.0 Å². The predicted molar refractivity (Wildman–Crippen MR) is 84.1 cm³/mol. The molecule has 3 rings (SSSR count). The van der Waals surface area contributed by atoms with Crippen molar-refractivity contribution in [1.29, 1.82) is 0 Å². The van der Waals surface area contributed by atoms with E-state index in [1.165, 1.54) is 11.3 Å². The molecule has 0 bridgehead atoms. The van der Waals surface area contributed by atoms with Crippen LogP contribution in [0.2, 0.25) is 0 Å². The van der Waals surface area contributed by atoms with Crippen molar-refractivity contribution in [3.05, 3.63) is 29.2 Å². The summed E-state index contributed by atoms with van der Waals surface area (Å²) < 4.78 is 2.13. The third-order valence-electron chi connectivity index (χ3n) is 3.60. The van der Waals surface area contributed by atoms with E-state index in [1.807, 2.05) is 5.38 Å². The van der Waals surface area contributed by atoms with Gasteiger partial charge in [-0.1, -0.05) is 0 Å². The molecule has 0 aliphatic carbocycles. The number of fused-ring (bicyclic) bond motifs is 1. The lowest BCUT2D eigenvalue weighted by Gasteiger charge is -2.06. The molecule has 0 aromatic carbocycles. The van der Waals surface area contributed by atoms with Crippen LogP contribution in [0, 0.1) is 13.8 Å². The maximum Gasteiger partial charge on any atom is 0.188 e. The first kappa shape index (κ1) is 14.0. The van der Waals surface area contributed by atoms with Gasteiger partial charge in [0.25, 0.3) is 0 Å². The van der Waals surface area contributed by atoms with Gasteiger partial charge >= 0.3 is 0 Å². The Kier molecular flexibility index (Phi) is 3.85. The molecule has 0 aliphatic heterocycles. The highest BCUT2D eigenvalue weighted by Gasteiger charge is 2.16. The highest BCUT2D eigenvalue weighted by molar-refractivity contribution is 7.13. The van der Waals surface area contributed by atoms with E-state index in [4.69, 9.17) is 5.11 Å². The minimum absolute atomic E-state index is 0.174. The number of aliphatic hydroxyl groups is 1. The number of nitrogens with zero attached hydrogens (tertiary/aromatic N) is 4. The molecule has 0 saturated heterocycles. The molecule has 0 aliphatic rings. The van der Waals surface area contributed by atoms with Gasteiger partial charge in [-0.25, -0.2) is 15.0 Å². The van der Waals surface area contributed by atoms with Crippen LogP contribution in [0.1, 0.15) is 17.7 Å². The van der Waals surface area contributed by atoms with Gasteiger partial charge in [-0.05, 0) is 25.8 Å². The van der Waals surface area contributed by atoms with Crippen LogP contribution >= 0.6 is 11.3 Å². The van der Waals surface area contributed by atoms with E-state index in [9.17, 15) is 0 Å². The first-order chi connectivity index (χ1) is 10.2. The Hall–Kier alpha value is -1.99. The molecule has 0 radical (unpaired) electrons. The molecule has 0 unspecified atom stereocenters. The third kappa shape index (κ3) is 2.50. The zero-order valence-corrected chi connectivity index (χ0v) is 12.8. The van der Waals surface area contributed by atoms with Crippen LogP contribution in [0.5, 0.6) is 0 Å². The molecule has 110 valence electrons. The molecular weight excluding hydrogens is 286 g/mol. The fourth-order valence-corrected chi connectivity index (χ4v) is 2.98. The van der Waals surface area contributed by atoms with Crippen molar-refractivity contribution in [3.63, 3.8) is 0 Å². The summed E-state index contributed by atoms with van der Waals surface area (Å²) in [7, 11) is 0. The first-order valence-electron chi connectivity index (χ1n) is 6.80. The van der Waals surface area contributed by atoms with Crippen molar-refractivity contribution < 1.29 is 5.11 Å². The number of rotatable bonds is 5. The van der Waals surface area contributed by atoms with Crippen molar-refractivity contribution in [2.24, 2.45) is 0 Å². The van der Waals surface area contributed by atoms with E-state index in [1.54, 1.807) is 12.5 Å². The van der Waals surface area contributed by atoms with Crippen LogP contribution in [0.4, 0.5) is 10.9 Å². The van der Waals surface area contributed by atoms with Gasteiger partial charge in [0, 0.05) is 30.4 Å². The molecule has 7 heteroatoms. The van der Waals surface area contributed by atoms with Crippen molar-refractivity contribution in [2.45, 2.75) is 26.8 Å². The van der Waals surface area contributed by atoms with Crippen LogP contribution in [0.15, 0.2) is 17.9 Å². The van der Waals surface area contributed by atoms with Gasteiger partial charge in [0.2, 0.25) is 0 Å². The molecule has 0 fully saturated rings. The smallest absolute Gasteiger partial charge is 0.188 e. The Morgan fingerprint density at radius 2 is 2.14 bits per heavy atom. The van der Waals surface area contributed by atoms with Crippen LogP contribution in [0.3, 0.4) is 0 Å². The predicted octanol–water partition coefficient (Wildman–Crippen LogP) is 2.63. The second-order valence-electron chi connectivity index (χ2n) is 4.82. The first-order valence-corrected chi connectivity index (χ1v) is 7.68. The SMILES string of the molecule is Cc1c(C)n(CCCO)c2ncnc(Nc3nccs3)c12. The van der Waals surface area contributed by atoms with Crippen LogP contribution < -0.4 is 5.32 Å². The normalized spacial score (nSPS) is 11.2. The fraction of sp³-hybridized carbons (Fsp3) is 0.357. The summed E-state index contributed by atoms with van der Waals surface area (Å²) in [4.78, 5) is 13.0. The Morgan fingerprint density at radius 1 is 1.29 bits per heavy atom. The van der Waals surface area contributed by atoms with Crippen molar-refractivity contribution in [2.75, 3.05) is 11.9 Å². The Morgan fingerprint density at radius 3 is 2.86 bits per heavy atom. The minimum Gasteiger partial charge on any atom is -0.396 e. The standard InChI is InChI=1S/C14H17N5OS/c1-9-10(2)19(5-3-6-20)13-11(9)12(16-8-17-13)18-14-15-4-7-21-14/h4,7-8,20H,3,5-6H2,1-2H3,(H,15,16,17,18). The van der Waals surface area contributed by atoms with Crippen molar-refractivity contribution >= 4 is 33.3 Å². The van der Waals surface area contributed by atoms with E-state index in [2.05, 4.69) is 38.7 Å². The summed E-state index contributed by atoms with van der Waals surface area (Å²) in [6.07, 6.45) is 4.03. The maximum atomic E-state index is 9.06. The second kappa shape index (κ2) is 5.79. The number of aryl methyl sites for hydroxylation is 2. The van der Waals surface area contributed by atoms with Crippen molar-refractivity contribution in [1.82, 2.24) is 19.5 Å². The zero-order valence-electron chi connectivity index (χ0n) is 12.0. The summed E-state index contributed by atoms with van der Waals surface area (Å²) in [5.74, 6) is 0.776. The van der Waals surface area contributed by atoms with Crippen LogP contribution in [-0.2, 0) is 6.54 Å². The van der Waals surface area contributed by atoms with Gasteiger partial charge in [0.1, 0.15) is 17.8 Å². The number of hydrogen-bond acceptors (Lipinski definition) is 6. The lowest BCUT2D eigenvalue weighted by atomic mass is 10.2. The molecule has 3 heterocycles. The minimum atomic E-state index is 0.174. The molecular formula is C14H17N5OS. The number of nitrogens with one attached hydrogen (secondary N) is 1. The molecule has 0 spiro atoms. The van der Waals surface area contributed by atoms with Gasteiger partial charge < -0.3 is 15.0 Å². The molecule has 6 nitrogen and oxygen atoms in total. The largest absolute Gasteiger partial charge is 0.396 e. The summed E-state index contributed by atoms with van der Waals surface area (Å²) in [6.45, 7) is 5.07. The maximum absolute atomic E-state index is 9.06. The second-order valence-corrected chi connectivity index (χ2v) is 5.72. The zero-order chi connectivity index (χ0) is 14.8. The summed E-state index contributed by atoms with van der Waals surface area (Å²) in [5.41, 5.74) is 3.20. The summed E-state index contributed by atoms with van der Waals surface area (Å²) >= 11 is 1.53. The average Bonchev–Trinajstić information content (AvgIpc) is 3.07. The van der Waals surface area contributed by atoms with E-state index < -0.39 is 0 Å². The van der Waals surface area contributed by atoms with E-state index in [-0.39, 0.29) is 6.61 Å². The molecule has 2 N–H and O–H groups in total. The van der Waals surface area contributed by atoms with Gasteiger partial charge in [-0.3, -0.25) is 0 Å². The quantitative estimate of drug-likeness (QED) is 0.758. The number of hydrogen-bond donors (Lipinski definition) is 2. The number of aromatic nitrogens is 4. The number of aliphatic hydroxyl groups excluding tert-OH is 1. The Balaban J connectivity index is 2.10. The molecule has 0 amide bonds. The molecule has 3 aromatic heterocycles. The number of anilines is 2. The van der Waals surface area contributed by atoms with Gasteiger partial charge in [-0.2, -0.15) is 0 Å². The van der Waals surface area contributed by atoms with Gasteiger partial charge in [0.15, 0.2) is 5.13 Å². The Labute approximate surface area is 126 Å².